The summed E-state index contributed by atoms with van der Waals surface area (Å²) in [5, 5.41) is 0. The number of hydrazine groups is 1. The molecule has 0 saturated heterocycles. The van der Waals surface area contributed by atoms with Gasteiger partial charge in [-0.25, -0.2) is 5.43 Å². The molecule has 0 fully saturated rings. The van der Waals surface area contributed by atoms with Gasteiger partial charge in [0.2, 0.25) is 0 Å². The van der Waals surface area contributed by atoms with Crippen LogP contribution in [-0.2, 0) is 4.74 Å². The molecule has 17 heavy (non-hydrogen) atoms. The molecule has 2 rings (SSSR count). The molecule has 1 aromatic rings. The molecule has 3 heteroatoms. The fourth-order valence-electron chi connectivity index (χ4n) is 2.28. The normalized spacial score (nSPS) is 17.2. The Balaban J connectivity index is 2.34. The number of ether oxygens (including phenoxy) is 1. The molecule has 0 aromatic heterocycles. The lowest BCUT2D eigenvalue weighted by Gasteiger charge is -2.24. The topological polar surface area (TPSA) is 47.3 Å². The van der Waals surface area contributed by atoms with Crippen molar-refractivity contribution >= 4 is 0 Å². The van der Waals surface area contributed by atoms with E-state index in [-0.39, 0.29) is 6.04 Å². The maximum absolute atomic E-state index is 5.71. The van der Waals surface area contributed by atoms with E-state index in [1.54, 1.807) is 0 Å². The second kappa shape index (κ2) is 5.34. The maximum atomic E-state index is 5.71. The fraction of sp³-hybridized carbons (Fsp3) is 0.429. The lowest BCUT2D eigenvalue weighted by molar-refractivity contribution is 0.219. The highest BCUT2D eigenvalue weighted by Crippen LogP contribution is 2.29. The number of hydrogen-bond acceptors (Lipinski definition) is 3. The Hall–Kier alpha value is -1.32. The third kappa shape index (κ3) is 2.51. The Kier molecular flexibility index (Phi) is 3.82. The Bertz CT molecular complexity index is 426. The second-order valence-electron chi connectivity index (χ2n) is 4.56. The molecule has 0 aliphatic carbocycles. The van der Waals surface area contributed by atoms with Crippen molar-refractivity contribution in [3.8, 4) is 0 Å². The highest BCUT2D eigenvalue weighted by molar-refractivity contribution is 5.39. The largest absolute Gasteiger partial charge is 0.501 e. The van der Waals surface area contributed by atoms with Gasteiger partial charge in [0.15, 0.2) is 0 Å². The van der Waals surface area contributed by atoms with Crippen LogP contribution >= 0.6 is 0 Å². The van der Waals surface area contributed by atoms with Gasteiger partial charge in [-0.2, -0.15) is 0 Å². The first-order valence-corrected chi connectivity index (χ1v) is 6.07. The molecule has 1 heterocycles. The van der Waals surface area contributed by atoms with Crippen molar-refractivity contribution in [2.24, 2.45) is 5.84 Å². The Morgan fingerprint density at radius 3 is 2.82 bits per heavy atom. The smallest absolute Gasteiger partial charge is 0.0876 e. The van der Waals surface area contributed by atoms with Gasteiger partial charge in [0.05, 0.1) is 18.9 Å². The summed E-state index contributed by atoms with van der Waals surface area (Å²) < 4.78 is 5.40. The average molecular weight is 232 g/mol. The molecule has 0 radical (unpaired) electrons. The van der Waals surface area contributed by atoms with E-state index in [2.05, 4.69) is 37.5 Å². The van der Waals surface area contributed by atoms with Crippen LogP contribution in [0.5, 0.6) is 0 Å². The van der Waals surface area contributed by atoms with Crippen molar-refractivity contribution in [2.75, 3.05) is 6.61 Å². The molecule has 0 amide bonds. The van der Waals surface area contributed by atoms with Gasteiger partial charge in [-0.3, -0.25) is 5.84 Å². The number of benzene rings is 1. The van der Waals surface area contributed by atoms with E-state index in [0.717, 1.165) is 19.4 Å². The van der Waals surface area contributed by atoms with Crippen LogP contribution in [0.15, 0.2) is 30.0 Å². The summed E-state index contributed by atoms with van der Waals surface area (Å²) in [6.07, 6.45) is 3.97. The summed E-state index contributed by atoms with van der Waals surface area (Å²) in [6, 6.07) is 6.39. The van der Waals surface area contributed by atoms with E-state index in [4.69, 9.17) is 10.6 Å². The minimum atomic E-state index is 0.0650. The zero-order valence-electron chi connectivity index (χ0n) is 10.5. The minimum Gasteiger partial charge on any atom is -0.501 e. The highest BCUT2D eigenvalue weighted by atomic mass is 16.5. The predicted octanol–water partition coefficient (Wildman–Crippen LogP) is 2.50. The molecule has 1 aliphatic heterocycles. The van der Waals surface area contributed by atoms with Crippen molar-refractivity contribution in [2.45, 2.75) is 32.7 Å². The van der Waals surface area contributed by atoms with Crippen LogP contribution in [0.1, 0.15) is 35.6 Å². The minimum absolute atomic E-state index is 0.0650. The van der Waals surface area contributed by atoms with Crippen molar-refractivity contribution < 1.29 is 4.74 Å². The standard InChI is InChI=1S/C14H20N2O/c1-10-5-3-7-13(11(10)2)14(16-15)12-6-4-8-17-9-12/h3,5,7,9,14,16H,4,6,8,15H2,1-2H3. The van der Waals surface area contributed by atoms with Gasteiger partial charge < -0.3 is 4.74 Å². The number of aryl methyl sites for hydroxylation is 1. The van der Waals surface area contributed by atoms with Crippen LogP contribution < -0.4 is 11.3 Å². The van der Waals surface area contributed by atoms with E-state index in [9.17, 15) is 0 Å². The molecule has 1 atom stereocenters. The fourth-order valence-corrected chi connectivity index (χ4v) is 2.28. The molecule has 1 aliphatic rings. The van der Waals surface area contributed by atoms with Gasteiger partial charge in [-0.1, -0.05) is 18.2 Å². The summed E-state index contributed by atoms with van der Waals surface area (Å²) in [4.78, 5) is 0. The van der Waals surface area contributed by atoms with Gasteiger partial charge in [-0.05, 0) is 49.0 Å². The Morgan fingerprint density at radius 1 is 1.35 bits per heavy atom. The van der Waals surface area contributed by atoms with Gasteiger partial charge in [0.25, 0.3) is 0 Å². The monoisotopic (exact) mass is 232 g/mol. The van der Waals surface area contributed by atoms with Crippen LogP contribution in [0.3, 0.4) is 0 Å². The molecule has 3 nitrogen and oxygen atoms in total. The van der Waals surface area contributed by atoms with Gasteiger partial charge in [0.1, 0.15) is 0 Å². The summed E-state index contributed by atoms with van der Waals surface area (Å²) >= 11 is 0. The van der Waals surface area contributed by atoms with Crippen molar-refractivity contribution in [1.82, 2.24) is 5.43 Å². The SMILES string of the molecule is Cc1cccc(C(NN)C2=COCCC2)c1C. The van der Waals surface area contributed by atoms with Crippen molar-refractivity contribution in [3.05, 3.63) is 46.7 Å². The third-order valence-corrected chi connectivity index (χ3v) is 3.46. The van der Waals surface area contributed by atoms with Gasteiger partial charge in [-0.15, -0.1) is 0 Å². The van der Waals surface area contributed by atoms with Gasteiger partial charge >= 0.3 is 0 Å². The van der Waals surface area contributed by atoms with Crippen LogP contribution in [0, 0.1) is 13.8 Å². The predicted molar refractivity (Wildman–Crippen MR) is 69.2 cm³/mol. The lowest BCUT2D eigenvalue weighted by Crippen LogP contribution is -2.31. The first kappa shape index (κ1) is 12.1. The molecule has 92 valence electrons. The lowest BCUT2D eigenvalue weighted by atomic mass is 9.91. The molecular formula is C14H20N2O. The van der Waals surface area contributed by atoms with E-state index in [1.165, 1.54) is 22.3 Å². The number of hydrogen-bond donors (Lipinski definition) is 2. The zero-order chi connectivity index (χ0) is 12.3. The molecular weight excluding hydrogens is 212 g/mol. The van der Waals surface area contributed by atoms with Crippen LogP contribution in [-0.4, -0.2) is 6.61 Å². The quantitative estimate of drug-likeness (QED) is 0.622. The van der Waals surface area contributed by atoms with E-state index >= 15 is 0 Å². The molecule has 3 N–H and O–H groups in total. The number of nitrogens with two attached hydrogens (primary N) is 1. The summed E-state index contributed by atoms with van der Waals surface area (Å²) in [7, 11) is 0. The maximum Gasteiger partial charge on any atom is 0.0876 e. The van der Waals surface area contributed by atoms with E-state index < -0.39 is 0 Å². The Labute approximate surface area is 103 Å². The molecule has 1 unspecified atom stereocenters. The first-order chi connectivity index (χ1) is 8.24. The van der Waals surface area contributed by atoms with E-state index in [1.807, 2.05) is 6.26 Å². The van der Waals surface area contributed by atoms with Gasteiger partial charge in [0, 0.05) is 0 Å². The number of nitrogens with one attached hydrogen (secondary N) is 1. The van der Waals surface area contributed by atoms with Crippen molar-refractivity contribution in [1.29, 1.82) is 0 Å². The van der Waals surface area contributed by atoms with Crippen molar-refractivity contribution in [3.63, 3.8) is 0 Å². The first-order valence-electron chi connectivity index (χ1n) is 6.07. The summed E-state index contributed by atoms with van der Waals surface area (Å²) in [5.74, 6) is 5.71. The second-order valence-corrected chi connectivity index (χ2v) is 4.56. The molecule has 0 spiro atoms. The molecule has 0 saturated carbocycles. The molecule has 0 bridgehead atoms. The zero-order valence-corrected chi connectivity index (χ0v) is 10.5. The third-order valence-electron chi connectivity index (χ3n) is 3.46. The highest BCUT2D eigenvalue weighted by Gasteiger charge is 2.19. The van der Waals surface area contributed by atoms with Crippen LogP contribution in [0.25, 0.3) is 0 Å². The van der Waals surface area contributed by atoms with Crippen LogP contribution in [0.4, 0.5) is 0 Å². The number of rotatable bonds is 3. The molecule has 1 aromatic carbocycles. The van der Waals surface area contributed by atoms with Crippen LogP contribution in [0.2, 0.25) is 0 Å². The average Bonchev–Trinajstić information content (AvgIpc) is 2.37. The Morgan fingerprint density at radius 2 is 2.18 bits per heavy atom. The van der Waals surface area contributed by atoms with E-state index in [0.29, 0.717) is 0 Å². The summed E-state index contributed by atoms with van der Waals surface area (Å²) in [5.41, 5.74) is 7.96. The summed E-state index contributed by atoms with van der Waals surface area (Å²) in [6.45, 7) is 5.07.